The fourth-order valence-electron chi connectivity index (χ4n) is 2.05. The minimum Gasteiger partial charge on any atom is -0.490 e. The fourth-order valence-corrected chi connectivity index (χ4v) is 2.05. The zero-order chi connectivity index (χ0) is 15.3. The first-order chi connectivity index (χ1) is 9.36. The largest absolute Gasteiger partial charge is 0.490 e. The number of carbonyl (C=O) groups is 2. The van der Waals surface area contributed by atoms with Crippen LogP contribution in [0.1, 0.15) is 53.9 Å². The summed E-state index contributed by atoms with van der Waals surface area (Å²) in [7, 11) is 0. The van der Waals surface area contributed by atoms with Crippen molar-refractivity contribution in [1.29, 1.82) is 0 Å². The number of Topliss-reactive ketones (excluding diaryl/α,β-unsaturated/α-hetero) is 1. The van der Waals surface area contributed by atoms with Gasteiger partial charge in [-0.05, 0) is 46.3 Å². The Bertz CT molecular complexity index is 486. The van der Waals surface area contributed by atoms with Crippen LogP contribution in [0.5, 0.6) is 0 Å². The Labute approximate surface area is 121 Å². The van der Waals surface area contributed by atoms with E-state index in [1.54, 1.807) is 12.2 Å². The molecule has 0 atom stereocenters. The maximum absolute atomic E-state index is 12.1. The first kappa shape index (κ1) is 16.4. The van der Waals surface area contributed by atoms with Gasteiger partial charge in [-0.1, -0.05) is 12.5 Å². The summed E-state index contributed by atoms with van der Waals surface area (Å²) < 4.78 is 5.85. The molecular formula is C17H24O3. The highest BCUT2D eigenvalue weighted by molar-refractivity contribution is 6.07. The Kier molecular flexibility index (Phi) is 5.93. The maximum Gasteiger partial charge on any atom is 0.185 e. The van der Waals surface area contributed by atoms with Gasteiger partial charge < -0.3 is 4.74 Å². The van der Waals surface area contributed by atoms with Crippen molar-refractivity contribution in [3.05, 3.63) is 34.6 Å². The summed E-state index contributed by atoms with van der Waals surface area (Å²) >= 11 is 0. The van der Waals surface area contributed by atoms with Crippen LogP contribution in [0.2, 0.25) is 0 Å². The molecule has 0 radical (unpaired) electrons. The number of hydrogen-bond donors (Lipinski definition) is 0. The van der Waals surface area contributed by atoms with Crippen molar-refractivity contribution < 1.29 is 14.3 Å². The van der Waals surface area contributed by atoms with Crippen molar-refractivity contribution in [3.8, 4) is 0 Å². The van der Waals surface area contributed by atoms with E-state index in [1.165, 1.54) is 0 Å². The number of hydrogen-bond acceptors (Lipinski definition) is 3. The zero-order valence-corrected chi connectivity index (χ0v) is 13.1. The Morgan fingerprint density at radius 2 is 1.90 bits per heavy atom. The molecule has 0 saturated heterocycles. The molecule has 1 aliphatic rings. The van der Waals surface area contributed by atoms with Gasteiger partial charge in [-0.2, -0.15) is 0 Å². The smallest absolute Gasteiger partial charge is 0.185 e. The molecule has 3 nitrogen and oxygen atoms in total. The van der Waals surface area contributed by atoms with Gasteiger partial charge in [0.05, 0.1) is 6.10 Å². The van der Waals surface area contributed by atoms with E-state index in [9.17, 15) is 9.59 Å². The Morgan fingerprint density at radius 1 is 1.25 bits per heavy atom. The van der Waals surface area contributed by atoms with Crippen LogP contribution >= 0.6 is 0 Å². The SMILES string of the molecule is CCC(=O)CCC1=C(OC(C)C)C(=C(C)C)C=CC1=O. The van der Waals surface area contributed by atoms with Gasteiger partial charge >= 0.3 is 0 Å². The van der Waals surface area contributed by atoms with Crippen molar-refractivity contribution >= 4 is 11.6 Å². The Balaban J connectivity index is 3.14. The van der Waals surface area contributed by atoms with E-state index in [0.29, 0.717) is 30.6 Å². The minimum atomic E-state index is -0.0467. The van der Waals surface area contributed by atoms with Gasteiger partial charge in [0.25, 0.3) is 0 Å². The molecule has 0 aromatic carbocycles. The lowest BCUT2D eigenvalue weighted by Gasteiger charge is -2.22. The van der Waals surface area contributed by atoms with Crippen LogP contribution in [0.25, 0.3) is 0 Å². The van der Waals surface area contributed by atoms with Crippen LogP contribution in [0.3, 0.4) is 0 Å². The van der Waals surface area contributed by atoms with Gasteiger partial charge in [0.15, 0.2) is 5.78 Å². The number of rotatable bonds is 6. The molecule has 0 aromatic heterocycles. The summed E-state index contributed by atoms with van der Waals surface area (Å²) in [5.74, 6) is 0.772. The van der Waals surface area contributed by atoms with Crippen LogP contribution < -0.4 is 0 Å². The molecule has 0 amide bonds. The van der Waals surface area contributed by atoms with Crippen molar-refractivity contribution in [2.24, 2.45) is 0 Å². The maximum atomic E-state index is 12.1. The normalized spacial score (nSPS) is 15.1. The quantitative estimate of drug-likeness (QED) is 0.739. The van der Waals surface area contributed by atoms with Gasteiger partial charge in [-0.25, -0.2) is 0 Å². The molecule has 0 heterocycles. The lowest BCUT2D eigenvalue weighted by Crippen LogP contribution is -2.16. The molecule has 3 heteroatoms. The molecule has 1 rings (SSSR count). The zero-order valence-electron chi connectivity index (χ0n) is 13.1. The van der Waals surface area contributed by atoms with E-state index in [1.807, 2.05) is 34.6 Å². The molecule has 0 unspecified atom stereocenters. The van der Waals surface area contributed by atoms with E-state index in [0.717, 1.165) is 11.1 Å². The van der Waals surface area contributed by atoms with Gasteiger partial charge in [0.1, 0.15) is 11.5 Å². The summed E-state index contributed by atoms with van der Waals surface area (Å²) in [5.41, 5.74) is 2.68. The number of ether oxygens (including phenoxy) is 1. The molecular weight excluding hydrogens is 252 g/mol. The average Bonchev–Trinajstić information content (AvgIpc) is 2.36. The molecule has 110 valence electrons. The summed E-state index contributed by atoms with van der Waals surface area (Å²) in [6, 6.07) is 0. The van der Waals surface area contributed by atoms with Gasteiger partial charge in [0.2, 0.25) is 0 Å². The molecule has 0 bridgehead atoms. The van der Waals surface area contributed by atoms with E-state index in [-0.39, 0.29) is 17.7 Å². The highest BCUT2D eigenvalue weighted by Gasteiger charge is 2.23. The van der Waals surface area contributed by atoms with Gasteiger partial charge in [-0.3, -0.25) is 9.59 Å². The monoisotopic (exact) mass is 276 g/mol. The minimum absolute atomic E-state index is 0.00414. The molecule has 0 aromatic rings. The number of ketones is 2. The molecule has 20 heavy (non-hydrogen) atoms. The molecule has 0 aliphatic heterocycles. The fraction of sp³-hybridized carbons (Fsp3) is 0.529. The number of carbonyl (C=O) groups excluding carboxylic acids is 2. The summed E-state index contributed by atoms with van der Waals surface area (Å²) in [4.78, 5) is 23.6. The van der Waals surface area contributed by atoms with Crippen LogP contribution in [-0.2, 0) is 14.3 Å². The third-order valence-corrected chi connectivity index (χ3v) is 3.16. The second kappa shape index (κ2) is 7.22. The second-order valence-electron chi connectivity index (χ2n) is 5.48. The first-order valence-corrected chi connectivity index (χ1v) is 7.18. The van der Waals surface area contributed by atoms with E-state index in [4.69, 9.17) is 4.74 Å². The second-order valence-corrected chi connectivity index (χ2v) is 5.48. The Hall–Kier alpha value is -1.64. The summed E-state index contributed by atoms with van der Waals surface area (Å²) in [6.45, 7) is 9.70. The lowest BCUT2D eigenvalue weighted by atomic mass is 9.92. The summed E-state index contributed by atoms with van der Waals surface area (Å²) in [6.07, 6.45) is 4.73. The van der Waals surface area contributed by atoms with Crippen molar-refractivity contribution in [2.75, 3.05) is 0 Å². The van der Waals surface area contributed by atoms with Crippen LogP contribution in [0, 0.1) is 0 Å². The molecule has 0 N–H and O–H groups in total. The molecule has 0 saturated carbocycles. The highest BCUT2D eigenvalue weighted by Crippen LogP contribution is 2.29. The highest BCUT2D eigenvalue weighted by atomic mass is 16.5. The van der Waals surface area contributed by atoms with Gasteiger partial charge in [-0.15, -0.1) is 0 Å². The van der Waals surface area contributed by atoms with E-state index >= 15 is 0 Å². The first-order valence-electron chi connectivity index (χ1n) is 7.18. The molecule has 0 fully saturated rings. The lowest BCUT2D eigenvalue weighted by molar-refractivity contribution is -0.118. The third kappa shape index (κ3) is 4.19. The van der Waals surface area contributed by atoms with Crippen molar-refractivity contribution in [2.45, 2.75) is 60.0 Å². The van der Waals surface area contributed by atoms with Crippen LogP contribution in [0.4, 0.5) is 0 Å². The van der Waals surface area contributed by atoms with E-state index < -0.39 is 0 Å². The predicted octanol–water partition coefficient (Wildman–Crippen LogP) is 3.90. The van der Waals surface area contributed by atoms with Crippen LogP contribution in [-0.4, -0.2) is 17.7 Å². The van der Waals surface area contributed by atoms with Crippen molar-refractivity contribution in [3.63, 3.8) is 0 Å². The Morgan fingerprint density at radius 3 is 2.40 bits per heavy atom. The number of allylic oxidation sites excluding steroid dienone is 4. The van der Waals surface area contributed by atoms with E-state index in [2.05, 4.69) is 0 Å². The van der Waals surface area contributed by atoms with Crippen molar-refractivity contribution in [1.82, 2.24) is 0 Å². The topological polar surface area (TPSA) is 43.4 Å². The predicted molar refractivity (Wildman–Crippen MR) is 80.3 cm³/mol. The van der Waals surface area contributed by atoms with Gasteiger partial charge in [0, 0.05) is 24.0 Å². The van der Waals surface area contributed by atoms with Crippen LogP contribution in [0.15, 0.2) is 34.6 Å². The third-order valence-electron chi connectivity index (χ3n) is 3.16. The molecule has 1 aliphatic carbocycles. The average molecular weight is 276 g/mol. The standard InChI is InChI=1S/C17H24O3/c1-6-13(18)7-8-15-16(19)10-9-14(11(2)3)17(15)20-12(4)5/h9-10,12H,6-8H2,1-5H3. The molecule has 0 spiro atoms. The summed E-state index contributed by atoms with van der Waals surface area (Å²) in [5, 5.41) is 0.